The molecule has 4 aliphatic rings. The minimum atomic E-state index is -2.49. The van der Waals surface area contributed by atoms with Gasteiger partial charge in [0.25, 0.3) is 11.7 Å². The Labute approximate surface area is 392 Å². The van der Waals surface area contributed by atoms with Crippen LogP contribution in [0, 0.1) is 29.6 Å². The smallest absolute Gasteiger partial charge is 0.329 e. The van der Waals surface area contributed by atoms with Gasteiger partial charge in [0, 0.05) is 51.7 Å². The normalized spacial score (nSPS) is 35.8. The molecule has 1 saturated carbocycles. The maximum atomic E-state index is 14.5. The third-order valence-electron chi connectivity index (χ3n) is 14.6. The molecule has 3 heterocycles. The van der Waals surface area contributed by atoms with E-state index in [1.165, 1.54) is 4.90 Å². The summed E-state index contributed by atoms with van der Waals surface area (Å²) in [6, 6.07) is 5.90. The Morgan fingerprint density at radius 2 is 1.62 bits per heavy atom. The highest BCUT2D eigenvalue weighted by molar-refractivity contribution is 6.39. The molecule has 1 amide bonds. The fraction of sp³-hybridized carbons (Fsp3) is 0.712. The van der Waals surface area contributed by atoms with Crippen molar-refractivity contribution in [3.63, 3.8) is 0 Å². The molecule has 1 aliphatic carbocycles. The molecule has 0 aromatic heterocycles. The van der Waals surface area contributed by atoms with Gasteiger partial charge < -0.3 is 43.2 Å². The van der Waals surface area contributed by atoms with Gasteiger partial charge in [-0.05, 0) is 120 Å². The molecule has 1 N–H and O–H groups in total. The average molecular weight is 924 g/mol. The molecule has 14 nitrogen and oxygen atoms in total. The number of Topliss-reactive ketones (excluding diaryl/α,β-unsaturated/α-hetero) is 3. The Kier molecular flexibility index (Phi) is 19.7. The van der Waals surface area contributed by atoms with Crippen LogP contribution >= 0.6 is 0 Å². The van der Waals surface area contributed by atoms with Crippen molar-refractivity contribution in [1.29, 1.82) is 0 Å². The van der Waals surface area contributed by atoms with E-state index in [1.807, 2.05) is 27.7 Å². The number of rotatable bonds is 11. The zero-order chi connectivity index (χ0) is 48.3. The van der Waals surface area contributed by atoms with E-state index < -0.39 is 59.8 Å². The third-order valence-corrected chi connectivity index (χ3v) is 14.6. The van der Waals surface area contributed by atoms with E-state index in [0.717, 1.165) is 17.6 Å². The third kappa shape index (κ3) is 13.0. The minimum absolute atomic E-state index is 0.0318. The number of aliphatic hydroxyl groups is 1. The topological polar surface area (TPSA) is 173 Å². The number of carbonyl (C=O) groups is 5. The standard InChI is InChI=1S/C52H77NO13/c1-11-37-24-31(2)23-32(3)25-45(62-9)48-46(63-10)27-35(6)52(59,66-48)49(56)50(57)53-22-13-12-17-40(53)51(58)65-47(33(4)18-20-41(37)54)34(5)26-36-19-21-43(44(28-36)61-8)64-30-42(55)38-15-14-16-39(29-38)60-7/h14-16,24,26,29,32-33,35-37,40,43-48,59H,11-13,17-23,25,27-28,30H2,1-10H3/b31-24+,34-26?. The van der Waals surface area contributed by atoms with E-state index in [2.05, 4.69) is 19.1 Å². The summed E-state index contributed by atoms with van der Waals surface area (Å²) in [5, 5.41) is 12.1. The molecular formula is C52H77NO13. The van der Waals surface area contributed by atoms with Crippen LogP contribution in [-0.2, 0) is 47.6 Å². The molecule has 1 aromatic rings. The van der Waals surface area contributed by atoms with Crippen LogP contribution in [0.2, 0.25) is 0 Å². The summed E-state index contributed by atoms with van der Waals surface area (Å²) in [6.07, 6.45) is 7.08. The Morgan fingerprint density at radius 3 is 2.30 bits per heavy atom. The average Bonchev–Trinajstić information content (AvgIpc) is 3.32. The van der Waals surface area contributed by atoms with Crippen molar-refractivity contribution in [3.05, 3.63) is 53.1 Å². The van der Waals surface area contributed by atoms with E-state index in [1.54, 1.807) is 59.6 Å². The molecule has 1 aromatic carbocycles. The van der Waals surface area contributed by atoms with Crippen LogP contribution in [0.4, 0.5) is 0 Å². The number of benzene rings is 1. The van der Waals surface area contributed by atoms with Gasteiger partial charge in [-0.15, -0.1) is 0 Å². The Hall–Kier alpha value is -3.79. The molecule has 2 saturated heterocycles. The van der Waals surface area contributed by atoms with Gasteiger partial charge in [0.2, 0.25) is 5.79 Å². The number of ether oxygens (including phenoxy) is 7. The second-order valence-electron chi connectivity index (χ2n) is 19.5. The monoisotopic (exact) mass is 924 g/mol. The summed E-state index contributed by atoms with van der Waals surface area (Å²) >= 11 is 0. The summed E-state index contributed by atoms with van der Waals surface area (Å²) in [7, 11) is 6.29. The lowest BCUT2D eigenvalue weighted by molar-refractivity contribution is -0.302. The molecule has 3 fully saturated rings. The first-order valence-corrected chi connectivity index (χ1v) is 24.2. The van der Waals surface area contributed by atoms with Crippen LogP contribution in [0.1, 0.15) is 129 Å². The highest BCUT2D eigenvalue weighted by Crippen LogP contribution is 2.39. The summed E-state index contributed by atoms with van der Waals surface area (Å²) in [6.45, 7) is 11.7. The van der Waals surface area contributed by atoms with Gasteiger partial charge >= 0.3 is 5.97 Å². The van der Waals surface area contributed by atoms with Crippen LogP contribution in [0.5, 0.6) is 5.75 Å². The largest absolute Gasteiger partial charge is 0.497 e. The quantitative estimate of drug-likeness (QED) is 0.101. The number of allylic oxidation sites excluding steroid dienone is 3. The molecule has 13 unspecified atom stereocenters. The van der Waals surface area contributed by atoms with Crippen molar-refractivity contribution in [1.82, 2.24) is 4.90 Å². The molecule has 66 heavy (non-hydrogen) atoms. The number of piperidine rings is 1. The molecule has 5 rings (SSSR count). The first-order valence-electron chi connectivity index (χ1n) is 24.2. The number of amides is 1. The summed E-state index contributed by atoms with van der Waals surface area (Å²) in [5.41, 5.74) is 2.38. The van der Waals surface area contributed by atoms with Gasteiger partial charge in [-0.1, -0.05) is 57.6 Å². The van der Waals surface area contributed by atoms with Crippen LogP contribution in [0.15, 0.2) is 47.6 Å². The Morgan fingerprint density at radius 1 is 0.909 bits per heavy atom. The van der Waals surface area contributed by atoms with Crippen LogP contribution in [0.25, 0.3) is 0 Å². The van der Waals surface area contributed by atoms with Crippen LogP contribution in [0.3, 0.4) is 0 Å². The number of hydrogen-bond acceptors (Lipinski definition) is 13. The maximum Gasteiger partial charge on any atom is 0.329 e. The number of nitrogens with zero attached hydrogens (tertiary/aromatic N) is 1. The molecule has 13 atom stereocenters. The van der Waals surface area contributed by atoms with Gasteiger partial charge in [0.1, 0.15) is 36.4 Å². The number of cyclic esters (lactones) is 1. The summed E-state index contributed by atoms with van der Waals surface area (Å²) in [4.78, 5) is 71.4. The lowest BCUT2D eigenvalue weighted by atomic mass is 9.82. The Balaban J connectivity index is 1.42. The lowest BCUT2D eigenvalue weighted by Gasteiger charge is -2.47. The minimum Gasteiger partial charge on any atom is -0.497 e. The first kappa shape index (κ1) is 53.2. The number of carbonyl (C=O) groups excluding carboxylic acids is 5. The predicted octanol–water partition coefficient (Wildman–Crippen LogP) is 7.42. The molecule has 3 aliphatic heterocycles. The molecule has 368 valence electrons. The number of hydrogen-bond donors (Lipinski definition) is 1. The van der Waals surface area contributed by atoms with E-state index in [4.69, 9.17) is 33.2 Å². The van der Waals surface area contributed by atoms with Crippen molar-refractivity contribution in [2.75, 3.05) is 41.6 Å². The lowest BCUT2D eigenvalue weighted by Crippen LogP contribution is -2.64. The van der Waals surface area contributed by atoms with E-state index in [9.17, 15) is 29.1 Å². The number of esters is 1. The van der Waals surface area contributed by atoms with Gasteiger partial charge in [0.05, 0.1) is 31.5 Å². The van der Waals surface area contributed by atoms with Gasteiger partial charge in [0.15, 0.2) is 5.78 Å². The van der Waals surface area contributed by atoms with E-state index >= 15 is 0 Å². The second-order valence-corrected chi connectivity index (χ2v) is 19.5. The summed E-state index contributed by atoms with van der Waals surface area (Å²) < 4.78 is 41.9. The van der Waals surface area contributed by atoms with Crippen molar-refractivity contribution in [2.45, 2.75) is 167 Å². The van der Waals surface area contributed by atoms with E-state index in [0.29, 0.717) is 62.7 Å². The second kappa shape index (κ2) is 24.5. The predicted molar refractivity (Wildman–Crippen MR) is 248 cm³/mol. The number of fused-ring (bicyclic) bond motifs is 3. The van der Waals surface area contributed by atoms with Crippen molar-refractivity contribution < 1.29 is 62.2 Å². The van der Waals surface area contributed by atoms with E-state index in [-0.39, 0.29) is 79.9 Å². The highest BCUT2D eigenvalue weighted by Gasteiger charge is 2.56. The zero-order valence-electron chi connectivity index (χ0n) is 41.1. The van der Waals surface area contributed by atoms with Crippen molar-refractivity contribution in [3.8, 4) is 5.75 Å². The summed E-state index contributed by atoms with van der Waals surface area (Å²) in [5.74, 6) is -5.99. The molecule has 0 spiro atoms. The zero-order valence-corrected chi connectivity index (χ0v) is 41.1. The van der Waals surface area contributed by atoms with Crippen molar-refractivity contribution in [2.24, 2.45) is 29.6 Å². The van der Waals surface area contributed by atoms with Crippen LogP contribution in [-0.4, -0.2) is 129 Å². The SMILES string of the molecule is CCC1/C=C(\C)CC(C)CC(OC)C2OC(O)(C(=O)C(=O)N3CCCCC3C(=O)OC(C(C)=CC3CCC(OCC(=O)c4cccc(OC)c4)C(OC)C3)C(C)CCC1=O)C(C)CC2OC. The van der Waals surface area contributed by atoms with Gasteiger partial charge in [-0.3, -0.25) is 19.2 Å². The molecule has 2 bridgehead atoms. The van der Waals surface area contributed by atoms with Gasteiger partial charge in [-0.25, -0.2) is 4.79 Å². The number of ketones is 3. The molecule has 14 heteroatoms. The molecular weight excluding hydrogens is 847 g/mol. The first-order chi connectivity index (χ1) is 31.5. The highest BCUT2D eigenvalue weighted by atomic mass is 16.7. The Bertz CT molecular complexity index is 1900. The maximum absolute atomic E-state index is 14.5. The fourth-order valence-corrected chi connectivity index (χ4v) is 10.6. The fourth-order valence-electron chi connectivity index (χ4n) is 10.6. The van der Waals surface area contributed by atoms with Gasteiger partial charge in [-0.2, -0.15) is 0 Å². The van der Waals surface area contributed by atoms with Crippen molar-refractivity contribution >= 4 is 29.2 Å². The molecule has 0 radical (unpaired) electrons. The van der Waals surface area contributed by atoms with Crippen LogP contribution < -0.4 is 4.74 Å². The number of methoxy groups -OCH3 is 4.